The molecule has 2 rings (SSSR count). The van der Waals surface area contributed by atoms with Crippen LogP contribution in [0.3, 0.4) is 0 Å². The Labute approximate surface area is 101 Å². The Balaban J connectivity index is 2.29. The second kappa shape index (κ2) is 5.09. The standard InChI is InChI=1S/C11H9N3O4/c15-9(16)6-8-10(11(17)18-14-8)13-12-7-4-2-1-3-5-7/h1-5,14H,6H2,(H,15,16). The van der Waals surface area contributed by atoms with Crippen LogP contribution >= 0.6 is 0 Å². The predicted molar refractivity (Wildman–Crippen MR) is 61.3 cm³/mol. The lowest BCUT2D eigenvalue weighted by atomic mass is 10.3. The predicted octanol–water partition coefficient (Wildman–Crippen LogP) is 2.01. The zero-order valence-electron chi connectivity index (χ0n) is 9.16. The lowest BCUT2D eigenvalue weighted by Crippen LogP contribution is -2.01. The van der Waals surface area contributed by atoms with Crippen LogP contribution in [0.15, 0.2) is 49.9 Å². The Morgan fingerprint density at radius 1 is 1.28 bits per heavy atom. The molecule has 7 nitrogen and oxygen atoms in total. The van der Waals surface area contributed by atoms with Crippen molar-refractivity contribution in [2.45, 2.75) is 6.42 Å². The Hall–Kier alpha value is -2.70. The molecule has 0 saturated carbocycles. The van der Waals surface area contributed by atoms with Gasteiger partial charge in [-0.05, 0) is 12.1 Å². The van der Waals surface area contributed by atoms with Crippen molar-refractivity contribution in [2.24, 2.45) is 10.2 Å². The number of hydrogen-bond donors (Lipinski definition) is 2. The van der Waals surface area contributed by atoms with E-state index in [0.717, 1.165) is 0 Å². The van der Waals surface area contributed by atoms with E-state index in [1.807, 2.05) is 6.07 Å². The zero-order chi connectivity index (χ0) is 13.0. The van der Waals surface area contributed by atoms with E-state index >= 15 is 0 Å². The summed E-state index contributed by atoms with van der Waals surface area (Å²) in [5.74, 6) is -1.09. The number of H-pyrrole nitrogens is 1. The van der Waals surface area contributed by atoms with Crippen LogP contribution in [0.5, 0.6) is 0 Å². The molecule has 1 heterocycles. The van der Waals surface area contributed by atoms with Gasteiger partial charge in [0.05, 0.1) is 17.8 Å². The largest absolute Gasteiger partial charge is 0.481 e. The van der Waals surface area contributed by atoms with Crippen LogP contribution in [0, 0.1) is 0 Å². The van der Waals surface area contributed by atoms with Crippen molar-refractivity contribution in [3.05, 3.63) is 46.4 Å². The highest BCUT2D eigenvalue weighted by Crippen LogP contribution is 2.17. The molecule has 0 unspecified atom stereocenters. The van der Waals surface area contributed by atoms with Gasteiger partial charge in [0.25, 0.3) is 0 Å². The molecule has 1 aromatic carbocycles. The molecule has 1 aromatic heterocycles. The first kappa shape index (κ1) is 11.8. The molecule has 0 amide bonds. The van der Waals surface area contributed by atoms with E-state index in [-0.39, 0.29) is 17.8 Å². The number of carboxylic acids is 1. The van der Waals surface area contributed by atoms with E-state index in [4.69, 9.17) is 5.11 Å². The average molecular weight is 247 g/mol. The maximum absolute atomic E-state index is 11.3. The van der Waals surface area contributed by atoms with Gasteiger partial charge in [0.15, 0.2) is 5.69 Å². The topological polar surface area (TPSA) is 108 Å². The molecular formula is C11H9N3O4. The van der Waals surface area contributed by atoms with Gasteiger partial charge in [-0.2, -0.15) is 5.11 Å². The van der Waals surface area contributed by atoms with Crippen molar-refractivity contribution in [1.29, 1.82) is 0 Å². The minimum Gasteiger partial charge on any atom is -0.481 e. The van der Waals surface area contributed by atoms with Crippen LogP contribution in [0.2, 0.25) is 0 Å². The van der Waals surface area contributed by atoms with Crippen LogP contribution in [-0.2, 0) is 11.2 Å². The van der Waals surface area contributed by atoms with Crippen molar-refractivity contribution >= 4 is 17.3 Å². The Kier molecular flexibility index (Phi) is 3.33. The highest BCUT2D eigenvalue weighted by molar-refractivity contribution is 5.71. The molecule has 0 saturated heterocycles. The number of carbonyl (C=O) groups is 1. The molecule has 0 fully saturated rings. The van der Waals surface area contributed by atoms with Crippen molar-refractivity contribution in [1.82, 2.24) is 5.16 Å². The molecule has 0 aliphatic rings. The summed E-state index contributed by atoms with van der Waals surface area (Å²) in [6, 6.07) is 8.76. The maximum Gasteiger partial charge on any atom is 0.384 e. The molecule has 0 spiro atoms. The SMILES string of the molecule is O=C(O)Cc1[nH]oc(=O)c1N=Nc1ccccc1. The van der Waals surface area contributed by atoms with E-state index in [9.17, 15) is 9.59 Å². The van der Waals surface area contributed by atoms with E-state index in [1.165, 1.54) is 0 Å². The molecule has 18 heavy (non-hydrogen) atoms. The minimum atomic E-state index is -1.09. The van der Waals surface area contributed by atoms with E-state index in [1.54, 1.807) is 24.3 Å². The fourth-order valence-electron chi connectivity index (χ4n) is 1.30. The molecule has 0 aliphatic carbocycles. The van der Waals surface area contributed by atoms with Crippen LogP contribution in [-0.4, -0.2) is 16.2 Å². The number of carboxylic acid groups (broad SMARTS) is 1. The molecular weight excluding hydrogens is 238 g/mol. The molecule has 0 bridgehead atoms. The van der Waals surface area contributed by atoms with Crippen LogP contribution in [0.4, 0.5) is 11.4 Å². The Morgan fingerprint density at radius 2 is 2.00 bits per heavy atom. The summed E-state index contributed by atoms with van der Waals surface area (Å²) in [6.07, 6.45) is -0.380. The monoisotopic (exact) mass is 247 g/mol. The third-order valence-corrected chi connectivity index (χ3v) is 2.10. The first-order valence-electron chi connectivity index (χ1n) is 5.06. The zero-order valence-corrected chi connectivity index (χ0v) is 9.16. The minimum absolute atomic E-state index is 0.0900. The van der Waals surface area contributed by atoms with Crippen LogP contribution in [0.25, 0.3) is 0 Å². The summed E-state index contributed by atoms with van der Waals surface area (Å²) >= 11 is 0. The smallest absolute Gasteiger partial charge is 0.384 e. The number of rotatable bonds is 4. The van der Waals surface area contributed by atoms with Gasteiger partial charge in [0.2, 0.25) is 0 Å². The van der Waals surface area contributed by atoms with Crippen LogP contribution in [0.1, 0.15) is 5.69 Å². The summed E-state index contributed by atoms with van der Waals surface area (Å²) in [5, 5.41) is 18.4. The van der Waals surface area contributed by atoms with Gasteiger partial charge >= 0.3 is 11.6 Å². The fraction of sp³-hybridized carbons (Fsp3) is 0.0909. The lowest BCUT2D eigenvalue weighted by Gasteiger charge is -1.91. The summed E-state index contributed by atoms with van der Waals surface area (Å²) in [7, 11) is 0. The molecule has 7 heteroatoms. The molecule has 92 valence electrons. The van der Waals surface area contributed by atoms with E-state index in [0.29, 0.717) is 5.69 Å². The fourth-order valence-corrected chi connectivity index (χ4v) is 1.30. The van der Waals surface area contributed by atoms with Gasteiger partial charge in [-0.1, -0.05) is 18.2 Å². The van der Waals surface area contributed by atoms with Crippen molar-refractivity contribution in [2.75, 3.05) is 0 Å². The van der Waals surface area contributed by atoms with Crippen molar-refractivity contribution in [3.8, 4) is 0 Å². The maximum atomic E-state index is 11.3. The second-order valence-corrected chi connectivity index (χ2v) is 3.42. The van der Waals surface area contributed by atoms with Gasteiger partial charge in [-0.25, -0.2) is 9.95 Å². The number of aliphatic carboxylic acids is 1. The first-order chi connectivity index (χ1) is 8.66. The number of azo groups is 1. The number of nitrogens with one attached hydrogen (secondary N) is 1. The van der Waals surface area contributed by atoms with Crippen molar-refractivity contribution < 1.29 is 14.4 Å². The molecule has 2 aromatic rings. The van der Waals surface area contributed by atoms with Crippen LogP contribution < -0.4 is 5.63 Å². The summed E-state index contributed by atoms with van der Waals surface area (Å²) < 4.78 is 4.49. The number of benzene rings is 1. The highest BCUT2D eigenvalue weighted by Gasteiger charge is 2.14. The normalized spacial score (nSPS) is 10.9. The van der Waals surface area contributed by atoms with E-state index in [2.05, 4.69) is 19.9 Å². The van der Waals surface area contributed by atoms with Gasteiger partial charge in [0, 0.05) is 0 Å². The molecule has 0 aliphatic heterocycles. The Morgan fingerprint density at radius 3 is 2.67 bits per heavy atom. The average Bonchev–Trinajstić information content (AvgIpc) is 2.68. The van der Waals surface area contributed by atoms with Gasteiger partial charge in [-0.3, -0.25) is 4.79 Å². The second-order valence-electron chi connectivity index (χ2n) is 3.42. The summed E-state index contributed by atoms with van der Waals surface area (Å²) in [6.45, 7) is 0. The quantitative estimate of drug-likeness (QED) is 0.805. The third-order valence-electron chi connectivity index (χ3n) is 2.10. The number of nitrogens with zero attached hydrogens (tertiary/aromatic N) is 2. The van der Waals surface area contributed by atoms with Gasteiger partial charge < -0.3 is 9.63 Å². The van der Waals surface area contributed by atoms with Crippen molar-refractivity contribution in [3.63, 3.8) is 0 Å². The number of aromatic amines is 1. The molecule has 0 radical (unpaired) electrons. The van der Waals surface area contributed by atoms with Gasteiger partial charge in [-0.15, -0.1) is 5.11 Å². The summed E-state index contributed by atoms with van der Waals surface area (Å²) in [5.41, 5.74) is -0.223. The number of aromatic nitrogens is 1. The molecule has 0 atom stereocenters. The van der Waals surface area contributed by atoms with E-state index < -0.39 is 11.6 Å². The third kappa shape index (κ3) is 2.70. The highest BCUT2D eigenvalue weighted by atomic mass is 16.5. The Bertz CT molecular complexity index is 627. The summed E-state index contributed by atoms with van der Waals surface area (Å²) in [4.78, 5) is 21.9. The number of hydrogen-bond acceptors (Lipinski definition) is 5. The van der Waals surface area contributed by atoms with Gasteiger partial charge in [0.1, 0.15) is 0 Å². The lowest BCUT2D eigenvalue weighted by molar-refractivity contribution is -0.136. The molecule has 2 N–H and O–H groups in total. The first-order valence-corrected chi connectivity index (χ1v) is 5.06.